The molecule has 1 aromatic heterocycles. The Morgan fingerprint density at radius 1 is 1.62 bits per heavy atom. The van der Waals surface area contributed by atoms with Crippen molar-refractivity contribution in [3.8, 4) is 5.75 Å². The topological polar surface area (TPSA) is 119 Å². The maximum absolute atomic E-state index is 12.4. The van der Waals surface area contributed by atoms with Gasteiger partial charge in [0.05, 0.1) is 11.0 Å². The predicted molar refractivity (Wildman–Crippen MR) is 46.0 cm³/mol. The van der Waals surface area contributed by atoms with Gasteiger partial charge >= 0.3 is 0 Å². The molecule has 0 aromatic carbocycles. The maximum Gasteiger partial charge on any atom is 0.300 e. The van der Waals surface area contributed by atoms with Gasteiger partial charge < -0.3 is 10.8 Å². The van der Waals surface area contributed by atoms with E-state index < -0.39 is 40.1 Å². The van der Waals surface area contributed by atoms with Crippen LogP contribution in [0.3, 0.4) is 0 Å². The van der Waals surface area contributed by atoms with Crippen molar-refractivity contribution in [2.75, 3.05) is 0 Å². The molecular formula is C7H5F2N3O4. The summed E-state index contributed by atoms with van der Waals surface area (Å²) in [4.78, 5) is 22.9. The van der Waals surface area contributed by atoms with Gasteiger partial charge in [-0.05, 0) is 0 Å². The van der Waals surface area contributed by atoms with Crippen LogP contribution in [0.15, 0.2) is 6.07 Å². The molecule has 0 spiro atoms. The molecule has 0 atom stereocenters. The first-order valence-corrected chi connectivity index (χ1v) is 3.80. The number of hydrogen-bond acceptors (Lipinski definition) is 5. The zero-order valence-electron chi connectivity index (χ0n) is 7.55. The number of amides is 1. The van der Waals surface area contributed by atoms with E-state index in [-0.39, 0.29) is 0 Å². The Bertz CT molecular complexity index is 463. The van der Waals surface area contributed by atoms with E-state index in [9.17, 15) is 23.7 Å². The number of rotatable bonds is 3. The van der Waals surface area contributed by atoms with Gasteiger partial charge in [0.15, 0.2) is 17.1 Å². The Labute approximate surface area is 86.7 Å². The number of aromatic hydroxyl groups is 1. The number of carbonyl (C=O) groups excluding carboxylic acids is 1. The summed E-state index contributed by atoms with van der Waals surface area (Å²) in [5, 5.41) is 19.5. The quantitative estimate of drug-likeness (QED) is 0.589. The molecule has 0 bridgehead atoms. The third-order valence-corrected chi connectivity index (χ3v) is 1.65. The van der Waals surface area contributed by atoms with Crippen LogP contribution in [0.25, 0.3) is 0 Å². The average molecular weight is 233 g/mol. The van der Waals surface area contributed by atoms with Crippen molar-refractivity contribution in [2.45, 2.75) is 6.43 Å². The highest BCUT2D eigenvalue weighted by atomic mass is 19.3. The fourth-order valence-corrected chi connectivity index (χ4v) is 0.995. The highest BCUT2D eigenvalue weighted by Crippen LogP contribution is 2.31. The van der Waals surface area contributed by atoms with Crippen LogP contribution in [0.2, 0.25) is 0 Å². The van der Waals surface area contributed by atoms with Crippen LogP contribution in [0.1, 0.15) is 22.6 Å². The van der Waals surface area contributed by atoms with E-state index in [2.05, 4.69) is 4.98 Å². The van der Waals surface area contributed by atoms with Gasteiger partial charge in [0, 0.05) is 0 Å². The summed E-state index contributed by atoms with van der Waals surface area (Å²) in [5.74, 6) is -2.17. The van der Waals surface area contributed by atoms with Gasteiger partial charge in [0.25, 0.3) is 18.0 Å². The van der Waals surface area contributed by atoms with Crippen LogP contribution >= 0.6 is 0 Å². The van der Waals surface area contributed by atoms with E-state index in [1.54, 1.807) is 0 Å². The van der Waals surface area contributed by atoms with Gasteiger partial charge in [-0.1, -0.05) is 0 Å². The molecular weight excluding hydrogens is 228 g/mol. The maximum atomic E-state index is 12.4. The van der Waals surface area contributed by atoms with Crippen LogP contribution in [0.5, 0.6) is 5.75 Å². The van der Waals surface area contributed by atoms with Crippen LogP contribution in [0, 0.1) is 10.1 Å². The lowest BCUT2D eigenvalue weighted by atomic mass is 10.2. The van der Waals surface area contributed by atoms with E-state index in [0.717, 1.165) is 0 Å². The summed E-state index contributed by atoms with van der Waals surface area (Å²) in [5.41, 5.74) is 1.62. The Hall–Kier alpha value is -2.32. The third-order valence-electron chi connectivity index (χ3n) is 1.65. The monoisotopic (exact) mass is 233 g/mol. The summed E-state index contributed by atoms with van der Waals surface area (Å²) in [6.45, 7) is 0. The van der Waals surface area contributed by atoms with Gasteiger partial charge in [-0.25, -0.2) is 13.8 Å². The summed E-state index contributed by atoms with van der Waals surface area (Å²) >= 11 is 0. The van der Waals surface area contributed by atoms with E-state index in [1.807, 2.05) is 0 Å². The second kappa shape index (κ2) is 4.04. The minimum Gasteiger partial charge on any atom is -0.505 e. The molecule has 1 aromatic rings. The summed E-state index contributed by atoms with van der Waals surface area (Å²) < 4.78 is 24.7. The number of carbonyl (C=O) groups is 1. The lowest BCUT2D eigenvalue weighted by Crippen LogP contribution is -2.15. The molecule has 86 valence electrons. The highest BCUT2D eigenvalue weighted by Gasteiger charge is 2.27. The van der Waals surface area contributed by atoms with Crippen LogP contribution in [-0.2, 0) is 0 Å². The molecule has 0 saturated carbocycles. The molecule has 0 unspecified atom stereocenters. The van der Waals surface area contributed by atoms with Gasteiger partial charge in [-0.15, -0.1) is 0 Å². The van der Waals surface area contributed by atoms with Crippen LogP contribution in [-0.4, -0.2) is 20.9 Å². The van der Waals surface area contributed by atoms with Crippen LogP contribution in [0.4, 0.5) is 14.5 Å². The van der Waals surface area contributed by atoms with E-state index in [0.29, 0.717) is 6.07 Å². The Morgan fingerprint density at radius 2 is 2.19 bits per heavy atom. The average Bonchev–Trinajstić information content (AvgIpc) is 2.15. The molecule has 0 radical (unpaired) electrons. The first-order valence-electron chi connectivity index (χ1n) is 3.80. The van der Waals surface area contributed by atoms with Crippen molar-refractivity contribution in [2.24, 2.45) is 5.73 Å². The molecule has 0 aliphatic carbocycles. The lowest BCUT2D eigenvalue weighted by Gasteiger charge is -2.04. The molecule has 0 aliphatic rings. The summed E-state index contributed by atoms with van der Waals surface area (Å²) in [6, 6.07) is 0.411. The van der Waals surface area contributed by atoms with Crippen molar-refractivity contribution < 1.29 is 23.6 Å². The Kier molecular flexibility index (Phi) is 2.97. The SMILES string of the molecule is NC(=O)c1nc(C(F)F)c([N+](=O)[O-])cc1O. The first-order chi connectivity index (χ1) is 7.34. The number of primary amides is 1. The molecule has 16 heavy (non-hydrogen) atoms. The summed E-state index contributed by atoms with van der Waals surface area (Å²) in [6.07, 6.45) is -3.25. The van der Waals surface area contributed by atoms with Gasteiger partial charge in [0.1, 0.15) is 0 Å². The number of nitrogens with two attached hydrogens (primary N) is 1. The largest absolute Gasteiger partial charge is 0.505 e. The van der Waals surface area contributed by atoms with Crippen molar-refractivity contribution in [1.29, 1.82) is 0 Å². The molecule has 1 rings (SSSR count). The highest BCUT2D eigenvalue weighted by molar-refractivity contribution is 5.93. The summed E-state index contributed by atoms with van der Waals surface area (Å²) in [7, 11) is 0. The molecule has 9 heteroatoms. The van der Waals surface area contributed by atoms with Crippen molar-refractivity contribution in [1.82, 2.24) is 4.98 Å². The van der Waals surface area contributed by atoms with E-state index in [4.69, 9.17) is 10.8 Å². The third kappa shape index (κ3) is 2.02. The van der Waals surface area contributed by atoms with Gasteiger partial charge in [-0.3, -0.25) is 14.9 Å². The van der Waals surface area contributed by atoms with E-state index >= 15 is 0 Å². The number of nitro groups is 1. The Morgan fingerprint density at radius 3 is 2.56 bits per heavy atom. The number of hydrogen-bond donors (Lipinski definition) is 2. The second-order valence-electron chi connectivity index (χ2n) is 2.68. The van der Waals surface area contributed by atoms with Crippen molar-refractivity contribution in [3.05, 3.63) is 27.6 Å². The van der Waals surface area contributed by atoms with E-state index in [1.165, 1.54) is 0 Å². The molecule has 0 aliphatic heterocycles. The van der Waals surface area contributed by atoms with Crippen molar-refractivity contribution in [3.63, 3.8) is 0 Å². The number of alkyl halides is 2. The number of aromatic nitrogens is 1. The molecule has 1 heterocycles. The zero-order valence-corrected chi connectivity index (χ0v) is 7.55. The smallest absolute Gasteiger partial charge is 0.300 e. The van der Waals surface area contributed by atoms with Gasteiger partial charge in [0.2, 0.25) is 0 Å². The second-order valence-corrected chi connectivity index (χ2v) is 2.68. The molecule has 0 saturated heterocycles. The number of halogens is 2. The van der Waals surface area contributed by atoms with Crippen molar-refractivity contribution >= 4 is 11.6 Å². The number of pyridine rings is 1. The fraction of sp³-hybridized carbons (Fsp3) is 0.143. The Balaban J connectivity index is 3.49. The molecule has 7 nitrogen and oxygen atoms in total. The fourth-order valence-electron chi connectivity index (χ4n) is 0.995. The number of nitrogens with zero attached hydrogens (tertiary/aromatic N) is 2. The molecule has 0 fully saturated rings. The van der Waals surface area contributed by atoms with Gasteiger partial charge in [-0.2, -0.15) is 0 Å². The standard InChI is InChI=1S/C7H5F2N3O4/c8-6(9)4-2(12(15)16)1-3(13)5(11-4)7(10)14/h1,6,13H,(H2,10,14). The first kappa shape index (κ1) is 11.8. The molecule has 1 amide bonds. The lowest BCUT2D eigenvalue weighted by molar-refractivity contribution is -0.386. The minimum atomic E-state index is -3.25. The zero-order chi connectivity index (χ0) is 12.5. The van der Waals surface area contributed by atoms with Crippen LogP contribution < -0.4 is 5.73 Å². The molecule has 3 N–H and O–H groups in total. The minimum absolute atomic E-state index is 0.411. The normalized spacial score (nSPS) is 10.4. The predicted octanol–water partition coefficient (Wildman–Crippen LogP) is 0.732.